The van der Waals surface area contributed by atoms with Crippen LogP contribution < -0.4 is 27.8 Å². The molecule has 0 aromatic carbocycles. The Hall–Kier alpha value is -4.01. The van der Waals surface area contributed by atoms with Gasteiger partial charge in [-0.1, -0.05) is 0 Å². The topological polar surface area (TPSA) is 257 Å². The van der Waals surface area contributed by atoms with Gasteiger partial charge < -0.3 is 42.8 Å². The summed E-state index contributed by atoms with van der Waals surface area (Å²) in [7, 11) is 0. The second-order valence-electron chi connectivity index (χ2n) is 7.88. The van der Waals surface area contributed by atoms with Crippen LogP contribution in [-0.2, 0) is 35.2 Å². The number of carbonyl (C=O) groups excluding carboxylic acids is 5. The summed E-state index contributed by atoms with van der Waals surface area (Å²) < 4.78 is 0. The number of aromatic nitrogens is 2. The molecule has 4 atom stereocenters. The van der Waals surface area contributed by atoms with Crippen molar-refractivity contribution >= 4 is 35.5 Å². The first-order valence-corrected chi connectivity index (χ1v) is 10.4. The van der Waals surface area contributed by atoms with E-state index in [-0.39, 0.29) is 19.4 Å². The maximum Gasteiger partial charge on any atom is 0.326 e. The van der Waals surface area contributed by atoms with Crippen LogP contribution in [0.3, 0.4) is 0 Å². The fourth-order valence-electron chi connectivity index (χ4n) is 3.58. The second-order valence-corrected chi connectivity index (χ2v) is 7.88. The summed E-state index contributed by atoms with van der Waals surface area (Å²) in [6.45, 7) is 0.174. The fourth-order valence-corrected chi connectivity index (χ4v) is 3.58. The lowest BCUT2D eigenvalue weighted by atomic mass is 10.1. The molecule has 1 fully saturated rings. The molecule has 5 amide bonds. The number of hydrogen-bond acceptors (Lipinski definition) is 8. The Kier molecular flexibility index (Phi) is 9.06. The molecule has 1 aromatic rings. The molecule has 0 radical (unpaired) electrons. The van der Waals surface area contributed by atoms with Crippen molar-refractivity contribution in [3.05, 3.63) is 18.2 Å². The van der Waals surface area contributed by atoms with Crippen molar-refractivity contribution in [3.8, 4) is 0 Å². The number of hydrogen-bond donors (Lipinski definition) is 7. The van der Waals surface area contributed by atoms with E-state index >= 15 is 0 Å². The summed E-state index contributed by atoms with van der Waals surface area (Å²) in [5, 5.41) is 13.9. The number of nitrogens with one attached hydrogen (secondary N) is 3. The van der Waals surface area contributed by atoms with Crippen molar-refractivity contribution in [3.63, 3.8) is 0 Å². The molecule has 0 spiro atoms. The normalized spacial score (nSPS) is 17.9. The van der Waals surface area contributed by atoms with Crippen LogP contribution in [0.1, 0.15) is 31.4 Å². The van der Waals surface area contributed by atoms with Crippen molar-refractivity contribution in [2.45, 2.75) is 56.3 Å². The number of aromatic amines is 1. The van der Waals surface area contributed by atoms with Crippen LogP contribution in [0.4, 0.5) is 0 Å². The first-order valence-electron chi connectivity index (χ1n) is 10.4. The molecular weight excluding hydrogens is 452 g/mol. The Morgan fingerprint density at radius 1 is 1.12 bits per heavy atom. The Morgan fingerprint density at radius 2 is 1.79 bits per heavy atom. The highest BCUT2D eigenvalue weighted by molar-refractivity contribution is 5.96. The van der Waals surface area contributed by atoms with Gasteiger partial charge in [0.15, 0.2) is 0 Å². The van der Waals surface area contributed by atoms with E-state index in [1.165, 1.54) is 17.4 Å². The summed E-state index contributed by atoms with van der Waals surface area (Å²) in [5.74, 6) is -5.33. The van der Waals surface area contributed by atoms with Crippen molar-refractivity contribution in [2.75, 3.05) is 6.54 Å². The maximum atomic E-state index is 13.3. The van der Waals surface area contributed by atoms with E-state index in [9.17, 15) is 33.9 Å². The average molecular weight is 480 g/mol. The Morgan fingerprint density at radius 3 is 2.35 bits per heavy atom. The largest absolute Gasteiger partial charge is 0.480 e. The fraction of sp³-hybridized carbons (Fsp3) is 0.526. The standard InChI is InChI=1S/C19H28N8O7/c20-10(5-14(21)28)16(30)25-11(4-9-7-23-8-24-9)18(32)27-3-1-2-13(27)17(31)26-12(19(33)34)6-15(22)29/h7-8,10-13H,1-6,20H2,(H2,21,28)(H2,22,29)(H,23,24)(H,25,30)(H,26,31)(H,33,34). The minimum atomic E-state index is -1.55. The summed E-state index contributed by atoms with van der Waals surface area (Å²) in [6, 6.07) is -5.02. The smallest absolute Gasteiger partial charge is 0.326 e. The van der Waals surface area contributed by atoms with Gasteiger partial charge in [-0.15, -0.1) is 0 Å². The predicted molar refractivity (Wildman–Crippen MR) is 114 cm³/mol. The zero-order valence-electron chi connectivity index (χ0n) is 18.2. The lowest BCUT2D eigenvalue weighted by Crippen LogP contribution is -2.57. The summed E-state index contributed by atoms with van der Waals surface area (Å²) in [6.07, 6.45) is 2.47. The monoisotopic (exact) mass is 480 g/mol. The molecule has 1 aliphatic heterocycles. The number of carboxylic acid groups (broad SMARTS) is 1. The molecule has 186 valence electrons. The van der Waals surface area contributed by atoms with Crippen molar-refractivity contribution in [1.29, 1.82) is 0 Å². The minimum Gasteiger partial charge on any atom is -0.480 e. The third-order valence-corrected chi connectivity index (χ3v) is 5.21. The number of aliphatic carboxylic acids is 1. The molecule has 1 aromatic heterocycles. The molecule has 1 saturated heterocycles. The van der Waals surface area contributed by atoms with Gasteiger partial charge in [0.1, 0.15) is 18.1 Å². The van der Waals surface area contributed by atoms with Gasteiger partial charge in [0.05, 0.1) is 25.2 Å². The van der Waals surface area contributed by atoms with Crippen LogP contribution in [0.15, 0.2) is 12.5 Å². The SMILES string of the molecule is NC(=O)CC(N)C(=O)NC(Cc1cnc[nH]1)C(=O)N1CCCC1C(=O)NC(CC(N)=O)C(=O)O. The zero-order chi connectivity index (χ0) is 25.4. The lowest BCUT2D eigenvalue weighted by Gasteiger charge is -2.29. The van der Waals surface area contributed by atoms with E-state index in [0.29, 0.717) is 12.1 Å². The zero-order valence-corrected chi connectivity index (χ0v) is 18.2. The van der Waals surface area contributed by atoms with Gasteiger partial charge in [-0.25, -0.2) is 9.78 Å². The molecule has 4 unspecified atom stereocenters. The molecule has 1 aliphatic rings. The summed E-state index contributed by atoms with van der Waals surface area (Å²) >= 11 is 0. The highest BCUT2D eigenvalue weighted by Gasteiger charge is 2.39. The minimum absolute atomic E-state index is 0.0157. The van der Waals surface area contributed by atoms with Crippen LogP contribution >= 0.6 is 0 Å². The third kappa shape index (κ3) is 7.26. The molecule has 10 N–H and O–H groups in total. The number of likely N-dealkylation sites (tertiary alicyclic amines) is 1. The van der Waals surface area contributed by atoms with Gasteiger partial charge in [-0.3, -0.25) is 24.0 Å². The molecule has 2 heterocycles. The van der Waals surface area contributed by atoms with E-state index in [1.54, 1.807) is 0 Å². The number of amides is 5. The van der Waals surface area contributed by atoms with Gasteiger partial charge in [-0.05, 0) is 12.8 Å². The summed E-state index contributed by atoms with van der Waals surface area (Å²) in [4.78, 5) is 80.0. The molecule has 0 saturated carbocycles. The molecule has 15 heteroatoms. The molecule has 34 heavy (non-hydrogen) atoms. The Labute approximate surface area is 193 Å². The van der Waals surface area contributed by atoms with E-state index in [1.807, 2.05) is 0 Å². The number of H-pyrrole nitrogens is 1. The van der Waals surface area contributed by atoms with E-state index in [4.69, 9.17) is 17.2 Å². The average Bonchev–Trinajstić information content (AvgIpc) is 3.43. The van der Waals surface area contributed by atoms with Gasteiger partial charge in [-0.2, -0.15) is 0 Å². The first-order chi connectivity index (χ1) is 16.0. The van der Waals surface area contributed by atoms with E-state index < -0.39 is 72.5 Å². The van der Waals surface area contributed by atoms with Gasteiger partial charge in [0.2, 0.25) is 29.5 Å². The van der Waals surface area contributed by atoms with Crippen LogP contribution in [0, 0.1) is 0 Å². The van der Waals surface area contributed by atoms with Crippen LogP contribution in [0.2, 0.25) is 0 Å². The predicted octanol–water partition coefficient (Wildman–Crippen LogP) is -3.92. The second kappa shape index (κ2) is 11.7. The number of rotatable bonds is 12. The highest BCUT2D eigenvalue weighted by Crippen LogP contribution is 2.20. The number of carboxylic acids is 1. The number of carbonyl (C=O) groups is 6. The number of nitrogens with zero attached hydrogens (tertiary/aromatic N) is 2. The Bertz CT molecular complexity index is 935. The molecular formula is C19H28N8O7. The maximum absolute atomic E-state index is 13.3. The van der Waals surface area contributed by atoms with Gasteiger partial charge in [0, 0.05) is 24.9 Å². The van der Waals surface area contributed by atoms with Crippen LogP contribution in [-0.4, -0.2) is 86.2 Å². The summed E-state index contributed by atoms with van der Waals surface area (Å²) in [5.41, 5.74) is 16.3. The third-order valence-electron chi connectivity index (χ3n) is 5.21. The van der Waals surface area contributed by atoms with Gasteiger partial charge >= 0.3 is 5.97 Å². The first kappa shape index (κ1) is 26.2. The lowest BCUT2D eigenvalue weighted by molar-refractivity contribution is -0.145. The number of nitrogens with two attached hydrogens (primary N) is 3. The molecule has 0 aliphatic carbocycles. The van der Waals surface area contributed by atoms with Crippen molar-refractivity contribution in [2.24, 2.45) is 17.2 Å². The quantitative estimate of drug-likeness (QED) is 0.154. The molecule has 0 bridgehead atoms. The van der Waals surface area contributed by atoms with E-state index in [2.05, 4.69) is 20.6 Å². The number of imidazole rings is 1. The van der Waals surface area contributed by atoms with Gasteiger partial charge in [0.25, 0.3) is 0 Å². The number of primary amides is 2. The van der Waals surface area contributed by atoms with Crippen molar-refractivity contribution < 1.29 is 33.9 Å². The Balaban J connectivity index is 2.18. The molecule has 15 nitrogen and oxygen atoms in total. The van der Waals surface area contributed by atoms with E-state index in [0.717, 1.165) is 0 Å². The van der Waals surface area contributed by atoms with Crippen LogP contribution in [0.25, 0.3) is 0 Å². The molecule has 2 rings (SSSR count). The van der Waals surface area contributed by atoms with Crippen LogP contribution in [0.5, 0.6) is 0 Å². The highest BCUT2D eigenvalue weighted by atomic mass is 16.4. The van der Waals surface area contributed by atoms with Crippen molar-refractivity contribution in [1.82, 2.24) is 25.5 Å².